The largest absolute Gasteiger partial charge is 0.478 e. The fourth-order valence-corrected chi connectivity index (χ4v) is 3.59. The highest BCUT2D eigenvalue weighted by Gasteiger charge is 2.24. The Labute approximate surface area is 149 Å². The first kappa shape index (κ1) is 16.9. The van der Waals surface area contributed by atoms with Crippen molar-refractivity contribution in [3.8, 4) is 0 Å². The van der Waals surface area contributed by atoms with Crippen LogP contribution in [0.15, 0.2) is 45.6 Å². The van der Waals surface area contributed by atoms with Gasteiger partial charge in [-0.25, -0.2) is 14.6 Å². The van der Waals surface area contributed by atoms with Gasteiger partial charge in [0.25, 0.3) is 5.91 Å². The zero-order valence-electron chi connectivity index (χ0n) is 12.4. The van der Waals surface area contributed by atoms with Crippen LogP contribution in [0.4, 0.5) is 5.69 Å². The van der Waals surface area contributed by atoms with Gasteiger partial charge in [0, 0.05) is 4.88 Å². The van der Waals surface area contributed by atoms with Gasteiger partial charge in [-0.15, -0.1) is 11.3 Å². The summed E-state index contributed by atoms with van der Waals surface area (Å²) in [7, 11) is 0. The molecule has 126 valence electrons. The number of thioether (sulfide) groups is 1. The molecule has 0 unspecified atom stereocenters. The molecule has 7 nitrogen and oxygen atoms in total. The van der Waals surface area contributed by atoms with Crippen LogP contribution in [0.25, 0.3) is 6.08 Å². The number of hydrogen-bond donors (Lipinski definition) is 3. The molecule has 0 bridgehead atoms. The highest BCUT2D eigenvalue weighted by Crippen LogP contribution is 2.29. The number of thiophene rings is 1. The summed E-state index contributed by atoms with van der Waals surface area (Å²) in [6.45, 7) is 0. The quantitative estimate of drug-likeness (QED) is 0.709. The fourth-order valence-electron chi connectivity index (χ4n) is 2.02. The van der Waals surface area contributed by atoms with Crippen LogP contribution < -0.4 is 5.32 Å². The minimum Gasteiger partial charge on any atom is -0.478 e. The van der Waals surface area contributed by atoms with Crippen molar-refractivity contribution >= 4 is 57.9 Å². The number of amides is 1. The topological polar surface area (TPSA) is 116 Å². The van der Waals surface area contributed by atoms with Crippen molar-refractivity contribution in [2.75, 3.05) is 0 Å². The molecule has 2 aromatic rings. The minimum absolute atomic E-state index is 0.137. The van der Waals surface area contributed by atoms with Gasteiger partial charge >= 0.3 is 11.9 Å². The van der Waals surface area contributed by atoms with Crippen LogP contribution in [0.5, 0.6) is 0 Å². The normalized spacial score (nSPS) is 17.0. The molecular formula is C16H10N2O5S2. The summed E-state index contributed by atoms with van der Waals surface area (Å²) in [5, 5.41) is 22.9. The Morgan fingerprint density at radius 3 is 2.36 bits per heavy atom. The zero-order valence-corrected chi connectivity index (χ0v) is 14.1. The minimum atomic E-state index is -1.26. The maximum atomic E-state index is 12.0. The Morgan fingerprint density at radius 1 is 1.12 bits per heavy atom. The number of carboxylic acids is 2. The number of carbonyl (C=O) groups is 3. The van der Waals surface area contributed by atoms with Crippen LogP contribution in [0.2, 0.25) is 0 Å². The molecule has 1 fully saturated rings. The maximum Gasteiger partial charge on any atom is 0.335 e. The van der Waals surface area contributed by atoms with E-state index in [2.05, 4.69) is 10.3 Å². The molecule has 9 heteroatoms. The Balaban J connectivity index is 1.92. The molecule has 3 N–H and O–H groups in total. The smallest absolute Gasteiger partial charge is 0.335 e. The van der Waals surface area contributed by atoms with Crippen LogP contribution in [0.3, 0.4) is 0 Å². The number of nitrogens with one attached hydrogen (secondary N) is 1. The molecule has 0 spiro atoms. The number of aliphatic imine (C=N–C) groups is 1. The van der Waals surface area contributed by atoms with E-state index in [4.69, 9.17) is 10.2 Å². The van der Waals surface area contributed by atoms with Gasteiger partial charge in [0.05, 0.1) is 21.7 Å². The Morgan fingerprint density at radius 2 is 1.80 bits per heavy atom. The number of amidine groups is 1. The zero-order chi connectivity index (χ0) is 18.0. The van der Waals surface area contributed by atoms with Crippen LogP contribution in [0, 0.1) is 0 Å². The van der Waals surface area contributed by atoms with Gasteiger partial charge in [0.15, 0.2) is 5.17 Å². The number of rotatable bonds is 4. The van der Waals surface area contributed by atoms with Crippen LogP contribution in [0.1, 0.15) is 25.6 Å². The van der Waals surface area contributed by atoms with E-state index in [-0.39, 0.29) is 27.9 Å². The predicted octanol–water partition coefficient (Wildman–Crippen LogP) is 3.04. The predicted molar refractivity (Wildman–Crippen MR) is 95.5 cm³/mol. The molecule has 1 aromatic carbocycles. The average Bonchev–Trinajstić information content (AvgIpc) is 3.17. The molecule has 0 atom stereocenters. The fraction of sp³-hybridized carbons (Fsp3) is 0. The number of carbonyl (C=O) groups excluding carboxylic acids is 1. The van der Waals surface area contributed by atoms with Crippen molar-refractivity contribution in [3.05, 3.63) is 56.6 Å². The van der Waals surface area contributed by atoms with Crippen molar-refractivity contribution < 1.29 is 24.6 Å². The Kier molecular flexibility index (Phi) is 4.68. The maximum absolute atomic E-state index is 12.0. The number of nitrogens with zero attached hydrogens (tertiary/aromatic N) is 1. The van der Waals surface area contributed by atoms with Crippen molar-refractivity contribution in [3.63, 3.8) is 0 Å². The lowest BCUT2D eigenvalue weighted by atomic mass is 10.1. The molecule has 1 aromatic heterocycles. The van der Waals surface area contributed by atoms with Gasteiger partial charge < -0.3 is 15.5 Å². The molecule has 1 saturated heterocycles. The van der Waals surface area contributed by atoms with Crippen LogP contribution in [-0.2, 0) is 4.79 Å². The summed E-state index contributed by atoms with van der Waals surface area (Å²) in [5.74, 6) is -2.83. The molecule has 2 heterocycles. The Hall–Kier alpha value is -2.91. The van der Waals surface area contributed by atoms with E-state index in [0.29, 0.717) is 4.91 Å². The van der Waals surface area contributed by atoms with Gasteiger partial charge in [0.2, 0.25) is 0 Å². The lowest BCUT2D eigenvalue weighted by molar-refractivity contribution is -0.115. The SMILES string of the molecule is O=C1NC(=Nc2cc(C(=O)O)cc(C(=O)O)c2)S/C1=C/c1cccs1. The third-order valence-electron chi connectivity index (χ3n) is 3.11. The van der Waals surface area contributed by atoms with E-state index in [9.17, 15) is 14.4 Å². The van der Waals surface area contributed by atoms with E-state index in [1.807, 2.05) is 17.5 Å². The second-order valence-corrected chi connectivity index (χ2v) is 6.89. The molecule has 1 aliphatic rings. The molecule has 3 rings (SSSR count). The number of aromatic carboxylic acids is 2. The van der Waals surface area contributed by atoms with Gasteiger partial charge in [-0.05, 0) is 47.5 Å². The molecule has 0 aliphatic carbocycles. The van der Waals surface area contributed by atoms with E-state index < -0.39 is 11.9 Å². The van der Waals surface area contributed by atoms with E-state index >= 15 is 0 Å². The van der Waals surface area contributed by atoms with Crippen molar-refractivity contribution in [2.45, 2.75) is 0 Å². The van der Waals surface area contributed by atoms with Gasteiger partial charge in [0.1, 0.15) is 0 Å². The van der Waals surface area contributed by atoms with Gasteiger partial charge in [-0.1, -0.05) is 6.07 Å². The second kappa shape index (κ2) is 6.91. The highest BCUT2D eigenvalue weighted by atomic mass is 32.2. The molecule has 1 amide bonds. The molecule has 25 heavy (non-hydrogen) atoms. The van der Waals surface area contributed by atoms with E-state index in [0.717, 1.165) is 22.7 Å². The summed E-state index contributed by atoms with van der Waals surface area (Å²) in [6, 6.07) is 7.28. The standard InChI is InChI=1S/C16H10N2O5S2/c19-13-12(7-11-2-1-3-24-11)25-16(18-13)17-10-5-8(14(20)21)4-9(6-10)15(22)23/h1-7H,(H,20,21)(H,22,23)(H,17,18,19)/b12-7+. The van der Waals surface area contributed by atoms with Gasteiger partial charge in [-0.3, -0.25) is 4.79 Å². The average molecular weight is 374 g/mol. The molecule has 0 saturated carbocycles. The summed E-state index contributed by atoms with van der Waals surface area (Å²) in [4.78, 5) is 39.8. The van der Waals surface area contributed by atoms with E-state index in [1.165, 1.54) is 23.5 Å². The third kappa shape index (κ3) is 3.95. The van der Waals surface area contributed by atoms with E-state index in [1.54, 1.807) is 6.08 Å². The Bertz CT molecular complexity index is 900. The van der Waals surface area contributed by atoms with Gasteiger partial charge in [-0.2, -0.15) is 0 Å². The summed E-state index contributed by atoms with van der Waals surface area (Å²) in [6.07, 6.45) is 1.73. The van der Waals surface area contributed by atoms with Crippen molar-refractivity contribution in [1.82, 2.24) is 5.32 Å². The molecular weight excluding hydrogens is 364 g/mol. The third-order valence-corrected chi connectivity index (χ3v) is 4.84. The van der Waals surface area contributed by atoms with Crippen LogP contribution >= 0.6 is 23.1 Å². The number of benzene rings is 1. The first-order valence-corrected chi connectivity index (χ1v) is 8.57. The summed E-state index contributed by atoms with van der Waals surface area (Å²) < 4.78 is 0. The lowest BCUT2D eigenvalue weighted by Gasteiger charge is -2.02. The summed E-state index contributed by atoms with van der Waals surface area (Å²) >= 11 is 2.59. The lowest BCUT2D eigenvalue weighted by Crippen LogP contribution is -2.19. The number of hydrogen-bond acceptors (Lipinski definition) is 6. The van der Waals surface area contributed by atoms with Crippen molar-refractivity contribution in [1.29, 1.82) is 0 Å². The monoisotopic (exact) mass is 374 g/mol. The van der Waals surface area contributed by atoms with Crippen LogP contribution in [-0.4, -0.2) is 33.2 Å². The second-order valence-electron chi connectivity index (χ2n) is 4.88. The van der Waals surface area contributed by atoms with Crippen molar-refractivity contribution in [2.24, 2.45) is 4.99 Å². The first-order valence-electron chi connectivity index (χ1n) is 6.87. The first-order chi connectivity index (χ1) is 11.9. The summed E-state index contributed by atoms with van der Waals surface area (Å²) in [5.41, 5.74) is -0.247. The highest BCUT2D eigenvalue weighted by molar-refractivity contribution is 8.18. The number of carboxylic acid groups (broad SMARTS) is 2. The molecule has 0 radical (unpaired) electrons. The molecule has 1 aliphatic heterocycles.